The van der Waals surface area contributed by atoms with E-state index in [1.165, 1.54) is 0 Å². The van der Waals surface area contributed by atoms with Crippen LogP contribution in [-0.2, 0) is 45.4 Å². The van der Waals surface area contributed by atoms with Crippen LogP contribution in [0, 0.1) is 0 Å². The minimum absolute atomic E-state index is 0.216. The second kappa shape index (κ2) is 15.1. The van der Waals surface area contributed by atoms with Gasteiger partial charge in [0.15, 0.2) is 0 Å². The fraction of sp³-hybridized carbons (Fsp3) is 0.314. The highest BCUT2D eigenvalue weighted by molar-refractivity contribution is 5.27. The van der Waals surface area contributed by atoms with Gasteiger partial charge in [-0.05, 0) is 34.4 Å². The molecule has 7 heteroatoms. The molecule has 0 bridgehead atoms. The summed E-state index contributed by atoms with van der Waals surface area (Å²) in [5.41, 5.74) is 3.74. The Morgan fingerprint density at radius 3 is 1.14 bits per heavy atom. The van der Waals surface area contributed by atoms with E-state index in [0.717, 1.165) is 28.0 Å². The van der Waals surface area contributed by atoms with Gasteiger partial charge in [0.1, 0.15) is 42.4 Å². The quantitative estimate of drug-likeness (QED) is 0.232. The van der Waals surface area contributed by atoms with Crippen molar-refractivity contribution in [2.75, 3.05) is 7.11 Å². The zero-order valence-corrected chi connectivity index (χ0v) is 23.7. The maximum atomic E-state index is 11.6. The molecule has 5 rings (SSSR count). The lowest BCUT2D eigenvalue weighted by molar-refractivity contribution is -0.273. The van der Waals surface area contributed by atoms with E-state index in [4.69, 9.17) is 23.7 Å². The first-order chi connectivity index (χ1) is 20.6. The van der Waals surface area contributed by atoms with Crippen LogP contribution in [-0.4, -0.2) is 53.9 Å². The number of hydrogen-bond donors (Lipinski definition) is 2. The van der Waals surface area contributed by atoms with Crippen LogP contribution in [0.1, 0.15) is 22.3 Å². The van der Waals surface area contributed by atoms with Gasteiger partial charge >= 0.3 is 0 Å². The van der Waals surface area contributed by atoms with Gasteiger partial charge < -0.3 is 33.9 Å². The van der Waals surface area contributed by atoms with E-state index in [-0.39, 0.29) is 26.4 Å². The van der Waals surface area contributed by atoms with Crippen molar-refractivity contribution in [1.82, 2.24) is 0 Å². The van der Waals surface area contributed by atoms with Gasteiger partial charge in [-0.15, -0.1) is 0 Å². The molecular formula is C35H38O7. The van der Waals surface area contributed by atoms with Gasteiger partial charge in [-0.1, -0.05) is 103 Å². The molecule has 4 aromatic carbocycles. The number of ether oxygens (including phenoxy) is 5. The monoisotopic (exact) mass is 570 g/mol. The summed E-state index contributed by atoms with van der Waals surface area (Å²) in [4.78, 5) is 0. The van der Waals surface area contributed by atoms with Crippen molar-refractivity contribution in [2.24, 2.45) is 0 Å². The minimum Gasteiger partial charge on any atom is -0.497 e. The van der Waals surface area contributed by atoms with Gasteiger partial charge in [-0.2, -0.15) is 0 Å². The number of benzene rings is 4. The van der Waals surface area contributed by atoms with Gasteiger partial charge in [-0.25, -0.2) is 0 Å². The number of rotatable bonds is 13. The van der Waals surface area contributed by atoms with Crippen LogP contribution in [0.15, 0.2) is 115 Å². The second-order valence-corrected chi connectivity index (χ2v) is 10.4. The first kappa shape index (κ1) is 29.9. The predicted octanol–water partition coefficient (Wildman–Crippen LogP) is 5.07. The Morgan fingerprint density at radius 1 is 0.429 bits per heavy atom. The molecule has 6 atom stereocenters. The summed E-state index contributed by atoms with van der Waals surface area (Å²) in [6, 6.07) is 36.7. The molecule has 7 nitrogen and oxygen atoms in total. The molecule has 1 aliphatic carbocycles. The van der Waals surface area contributed by atoms with E-state index >= 15 is 0 Å². The molecule has 0 heterocycles. The molecule has 2 N–H and O–H groups in total. The lowest BCUT2D eigenvalue weighted by atomic mass is 9.84. The summed E-state index contributed by atoms with van der Waals surface area (Å²) in [5, 5.41) is 23.3. The van der Waals surface area contributed by atoms with Crippen LogP contribution in [0.25, 0.3) is 0 Å². The van der Waals surface area contributed by atoms with Crippen molar-refractivity contribution in [3.8, 4) is 5.75 Å². The molecule has 4 aromatic rings. The molecule has 1 saturated carbocycles. The Kier molecular flexibility index (Phi) is 10.7. The highest BCUT2D eigenvalue weighted by Crippen LogP contribution is 2.32. The van der Waals surface area contributed by atoms with E-state index in [1.54, 1.807) is 7.11 Å². The summed E-state index contributed by atoms with van der Waals surface area (Å²) in [6.07, 6.45) is -5.79. The number of hydrogen-bond acceptors (Lipinski definition) is 7. The largest absolute Gasteiger partial charge is 0.497 e. The molecule has 0 saturated heterocycles. The standard InChI is InChI=1S/C35H38O7/c1-38-29-19-17-28(18-20-29)24-42-35-33(40-22-26-13-7-3-8-14-26)30(36)32(39-21-25-11-5-2-6-12-25)31(37)34(35)41-23-27-15-9-4-10-16-27/h2-20,30-37H,21-24H2,1H3/t30-,31+,32?,33-,34-,35?/m1/s1. The van der Waals surface area contributed by atoms with Gasteiger partial charge in [-0.3, -0.25) is 0 Å². The Bertz CT molecular complexity index is 1260. The van der Waals surface area contributed by atoms with Crippen LogP contribution in [0.3, 0.4) is 0 Å². The van der Waals surface area contributed by atoms with Crippen molar-refractivity contribution in [3.05, 3.63) is 138 Å². The molecule has 0 spiro atoms. The Balaban J connectivity index is 1.41. The molecule has 0 aromatic heterocycles. The molecule has 42 heavy (non-hydrogen) atoms. The fourth-order valence-electron chi connectivity index (χ4n) is 5.14. The third-order valence-electron chi connectivity index (χ3n) is 7.45. The first-order valence-electron chi connectivity index (χ1n) is 14.2. The van der Waals surface area contributed by atoms with E-state index in [0.29, 0.717) is 0 Å². The average molecular weight is 571 g/mol. The summed E-state index contributed by atoms with van der Waals surface area (Å²) >= 11 is 0. The van der Waals surface area contributed by atoms with Crippen LogP contribution >= 0.6 is 0 Å². The highest BCUT2D eigenvalue weighted by atomic mass is 16.6. The van der Waals surface area contributed by atoms with Crippen LogP contribution < -0.4 is 4.74 Å². The maximum Gasteiger partial charge on any atom is 0.118 e. The molecule has 0 aliphatic heterocycles. The van der Waals surface area contributed by atoms with Crippen molar-refractivity contribution in [2.45, 2.75) is 63.1 Å². The lowest BCUT2D eigenvalue weighted by Crippen LogP contribution is -2.66. The average Bonchev–Trinajstić information content (AvgIpc) is 3.04. The third-order valence-corrected chi connectivity index (χ3v) is 7.45. The number of aliphatic hydroxyl groups excluding tert-OH is 2. The minimum atomic E-state index is -1.18. The van der Waals surface area contributed by atoms with E-state index in [1.807, 2.05) is 115 Å². The summed E-state index contributed by atoms with van der Waals surface area (Å²) in [5.74, 6) is 0.744. The third kappa shape index (κ3) is 7.83. The SMILES string of the molecule is COc1ccc(COC2[C@H](OCc3ccccc3)[C@H](O)C(OCc3ccccc3)[C@H](O)[C@H]2OCc2ccccc2)cc1. The smallest absolute Gasteiger partial charge is 0.118 e. The fourth-order valence-corrected chi connectivity index (χ4v) is 5.14. The van der Waals surface area contributed by atoms with E-state index in [2.05, 4.69) is 0 Å². The van der Waals surface area contributed by atoms with Gasteiger partial charge in [0.05, 0.1) is 33.5 Å². The van der Waals surface area contributed by atoms with Gasteiger partial charge in [0.2, 0.25) is 0 Å². The molecule has 220 valence electrons. The molecule has 0 amide bonds. The van der Waals surface area contributed by atoms with Gasteiger partial charge in [0, 0.05) is 0 Å². The van der Waals surface area contributed by atoms with Crippen molar-refractivity contribution in [1.29, 1.82) is 0 Å². The lowest BCUT2D eigenvalue weighted by Gasteiger charge is -2.47. The van der Waals surface area contributed by atoms with Crippen molar-refractivity contribution in [3.63, 3.8) is 0 Å². The molecule has 2 unspecified atom stereocenters. The van der Waals surface area contributed by atoms with E-state index < -0.39 is 36.6 Å². The first-order valence-corrected chi connectivity index (χ1v) is 14.2. The molecule has 1 aliphatic rings. The number of methoxy groups -OCH3 is 1. The number of aliphatic hydroxyl groups is 2. The van der Waals surface area contributed by atoms with Gasteiger partial charge in [0.25, 0.3) is 0 Å². The highest BCUT2D eigenvalue weighted by Gasteiger charge is 2.52. The second-order valence-electron chi connectivity index (χ2n) is 10.4. The maximum absolute atomic E-state index is 11.6. The Morgan fingerprint density at radius 2 is 0.762 bits per heavy atom. The summed E-state index contributed by atoms with van der Waals surface area (Å²) < 4.78 is 30.6. The normalized spacial score (nSPS) is 23.9. The summed E-state index contributed by atoms with van der Waals surface area (Å²) in [6.45, 7) is 0.934. The zero-order chi connectivity index (χ0) is 29.1. The van der Waals surface area contributed by atoms with E-state index in [9.17, 15) is 10.2 Å². The molecule has 1 fully saturated rings. The Hall–Kier alpha value is -3.56. The van der Waals surface area contributed by atoms with Crippen LogP contribution in [0.4, 0.5) is 0 Å². The van der Waals surface area contributed by atoms with Crippen LogP contribution in [0.5, 0.6) is 5.75 Å². The Labute approximate surface area is 247 Å². The molecular weight excluding hydrogens is 532 g/mol. The van der Waals surface area contributed by atoms with Crippen LogP contribution in [0.2, 0.25) is 0 Å². The summed E-state index contributed by atoms with van der Waals surface area (Å²) in [7, 11) is 1.62. The zero-order valence-electron chi connectivity index (χ0n) is 23.7. The topological polar surface area (TPSA) is 86.6 Å². The van der Waals surface area contributed by atoms with Crippen molar-refractivity contribution >= 4 is 0 Å². The molecule has 0 radical (unpaired) electrons. The predicted molar refractivity (Wildman–Crippen MR) is 159 cm³/mol. The van der Waals surface area contributed by atoms with Crippen molar-refractivity contribution < 1.29 is 33.9 Å².